The zero-order valence-electron chi connectivity index (χ0n) is 14.1. The van der Waals surface area contributed by atoms with Gasteiger partial charge in [0, 0.05) is 5.69 Å². The first kappa shape index (κ1) is 18.7. The highest BCUT2D eigenvalue weighted by Crippen LogP contribution is 2.21. The molecule has 0 aliphatic carbocycles. The van der Waals surface area contributed by atoms with Crippen LogP contribution in [0.3, 0.4) is 0 Å². The SMILES string of the molecule is O=C(COC(=O)COc1ccc2ccccc2c1)Nc1ccc(F)c(Cl)c1. The Balaban J connectivity index is 1.45. The van der Waals surface area contributed by atoms with Crippen LogP contribution in [0.2, 0.25) is 5.02 Å². The molecule has 0 bridgehead atoms. The Morgan fingerprint density at radius 1 is 0.963 bits per heavy atom. The summed E-state index contributed by atoms with van der Waals surface area (Å²) in [6, 6.07) is 16.9. The summed E-state index contributed by atoms with van der Waals surface area (Å²) in [5, 5.41) is 4.38. The molecule has 1 N–H and O–H groups in total. The van der Waals surface area contributed by atoms with Crippen LogP contribution in [0.5, 0.6) is 5.75 Å². The smallest absolute Gasteiger partial charge is 0.344 e. The highest BCUT2D eigenvalue weighted by molar-refractivity contribution is 6.31. The highest BCUT2D eigenvalue weighted by Gasteiger charge is 2.10. The van der Waals surface area contributed by atoms with Gasteiger partial charge < -0.3 is 14.8 Å². The van der Waals surface area contributed by atoms with Gasteiger partial charge in [-0.15, -0.1) is 0 Å². The number of carbonyl (C=O) groups excluding carboxylic acids is 2. The van der Waals surface area contributed by atoms with Crippen molar-refractivity contribution < 1.29 is 23.5 Å². The summed E-state index contributed by atoms with van der Waals surface area (Å²) in [5.74, 6) is -1.32. The van der Waals surface area contributed by atoms with Crippen molar-refractivity contribution in [3.05, 3.63) is 71.5 Å². The molecule has 0 saturated carbocycles. The molecule has 27 heavy (non-hydrogen) atoms. The number of nitrogens with one attached hydrogen (secondary N) is 1. The maximum atomic E-state index is 13.1. The van der Waals surface area contributed by atoms with Gasteiger partial charge in [0.05, 0.1) is 5.02 Å². The molecule has 0 spiro atoms. The van der Waals surface area contributed by atoms with Crippen LogP contribution in [0, 0.1) is 5.82 Å². The molecule has 0 saturated heterocycles. The Morgan fingerprint density at radius 2 is 1.74 bits per heavy atom. The fourth-order valence-electron chi connectivity index (χ4n) is 2.36. The quantitative estimate of drug-likeness (QED) is 0.644. The number of esters is 1. The number of benzene rings is 3. The molecule has 0 radical (unpaired) electrons. The molecule has 0 atom stereocenters. The van der Waals surface area contributed by atoms with E-state index in [0.717, 1.165) is 16.8 Å². The molecule has 0 fully saturated rings. The van der Waals surface area contributed by atoms with Gasteiger partial charge in [-0.2, -0.15) is 0 Å². The number of halogens is 2. The van der Waals surface area contributed by atoms with E-state index in [2.05, 4.69) is 5.32 Å². The summed E-state index contributed by atoms with van der Waals surface area (Å²) < 4.78 is 23.3. The minimum Gasteiger partial charge on any atom is -0.482 e. The van der Waals surface area contributed by atoms with E-state index in [9.17, 15) is 14.0 Å². The molecule has 0 aliphatic heterocycles. The van der Waals surface area contributed by atoms with E-state index in [1.54, 1.807) is 6.07 Å². The Hall–Kier alpha value is -3.12. The zero-order valence-corrected chi connectivity index (χ0v) is 14.8. The van der Waals surface area contributed by atoms with Gasteiger partial charge in [0.15, 0.2) is 13.2 Å². The van der Waals surface area contributed by atoms with Crippen molar-refractivity contribution in [2.45, 2.75) is 0 Å². The number of hydrogen-bond donors (Lipinski definition) is 1. The van der Waals surface area contributed by atoms with Crippen LogP contribution in [0.4, 0.5) is 10.1 Å². The predicted molar refractivity (Wildman–Crippen MR) is 100 cm³/mol. The van der Waals surface area contributed by atoms with Gasteiger partial charge in [0.2, 0.25) is 0 Å². The average Bonchev–Trinajstić information content (AvgIpc) is 2.67. The van der Waals surface area contributed by atoms with Crippen molar-refractivity contribution in [2.75, 3.05) is 18.5 Å². The molecule has 0 unspecified atom stereocenters. The molecule has 7 heteroatoms. The normalized spacial score (nSPS) is 10.4. The standard InChI is InChI=1S/C20H15ClFNO4/c21-17-10-15(6-8-18(17)22)23-19(24)11-27-20(25)12-26-16-7-5-13-3-1-2-4-14(13)9-16/h1-10H,11-12H2,(H,23,24). The van der Waals surface area contributed by atoms with E-state index in [-0.39, 0.29) is 11.6 Å². The van der Waals surface area contributed by atoms with Crippen molar-refractivity contribution in [3.63, 3.8) is 0 Å². The summed E-state index contributed by atoms with van der Waals surface area (Å²) >= 11 is 5.63. The van der Waals surface area contributed by atoms with Gasteiger partial charge in [0.25, 0.3) is 5.91 Å². The molecule has 3 aromatic carbocycles. The lowest BCUT2D eigenvalue weighted by Crippen LogP contribution is -2.23. The fraction of sp³-hybridized carbons (Fsp3) is 0.100. The number of carbonyl (C=O) groups is 2. The minimum absolute atomic E-state index is 0.117. The number of amides is 1. The maximum absolute atomic E-state index is 13.1. The van der Waals surface area contributed by atoms with Crippen LogP contribution < -0.4 is 10.1 Å². The van der Waals surface area contributed by atoms with Crippen LogP contribution in [-0.4, -0.2) is 25.1 Å². The van der Waals surface area contributed by atoms with Crippen molar-refractivity contribution in [3.8, 4) is 5.75 Å². The van der Waals surface area contributed by atoms with Gasteiger partial charge >= 0.3 is 5.97 Å². The second-order valence-corrected chi connectivity index (χ2v) is 6.04. The minimum atomic E-state index is -0.685. The zero-order chi connectivity index (χ0) is 19.2. The molecular formula is C20H15ClFNO4. The lowest BCUT2D eigenvalue weighted by Gasteiger charge is -2.09. The molecule has 0 aliphatic rings. The monoisotopic (exact) mass is 387 g/mol. The van der Waals surface area contributed by atoms with Crippen molar-refractivity contribution in [1.82, 2.24) is 0 Å². The topological polar surface area (TPSA) is 64.6 Å². The molecule has 5 nitrogen and oxygen atoms in total. The molecule has 138 valence electrons. The van der Waals surface area contributed by atoms with Crippen molar-refractivity contribution in [1.29, 1.82) is 0 Å². The Morgan fingerprint density at radius 3 is 2.52 bits per heavy atom. The van der Waals surface area contributed by atoms with Gasteiger partial charge in [-0.05, 0) is 41.1 Å². The third kappa shape index (κ3) is 5.18. The van der Waals surface area contributed by atoms with Crippen LogP contribution in [-0.2, 0) is 14.3 Å². The molecular weight excluding hydrogens is 373 g/mol. The number of rotatable bonds is 6. The van der Waals surface area contributed by atoms with E-state index in [4.69, 9.17) is 21.1 Å². The van der Waals surface area contributed by atoms with Crippen molar-refractivity contribution >= 4 is 39.9 Å². The summed E-state index contributed by atoms with van der Waals surface area (Å²) in [4.78, 5) is 23.5. The Kier molecular flexibility index (Phi) is 5.88. The van der Waals surface area contributed by atoms with Crippen LogP contribution in [0.25, 0.3) is 10.8 Å². The fourth-order valence-corrected chi connectivity index (χ4v) is 2.54. The second kappa shape index (κ2) is 8.51. The maximum Gasteiger partial charge on any atom is 0.344 e. The van der Waals surface area contributed by atoms with E-state index >= 15 is 0 Å². The molecule has 0 heterocycles. The largest absolute Gasteiger partial charge is 0.482 e. The molecule has 3 aromatic rings. The van der Waals surface area contributed by atoms with E-state index in [0.29, 0.717) is 11.4 Å². The summed E-state index contributed by atoms with van der Waals surface area (Å²) in [6.07, 6.45) is 0. The number of fused-ring (bicyclic) bond motifs is 1. The molecule has 1 amide bonds. The van der Waals surface area contributed by atoms with Gasteiger partial charge in [-0.3, -0.25) is 4.79 Å². The average molecular weight is 388 g/mol. The van der Waals surface area contributed by atoms with E-state index < -0.39 is 24.3 Å². The van der Waals surface area contributed by atoms with Crippen LogP contribution in [0.15, 0.2) is 60.7 Å². The van der Waals surface area contributed by atoms with Gasteiger partial charge in [-0.25, -0.2) is 9.18 Å². The van der Waals surface area contributed by atoms with Crippen LogP contribution in [0.1, 0.15) is 0 Å². The summed E-state index contributed by atoms with van der Waals surface area (Å²) in [6.45, 7) is -0.817. The predicted octanol–water partition coefficient (Wildman–Crippen LogP) is 4.19. The van der Waals surface area contributed by atoms with Gasteiger partial charge in [0.1, 0.15) is 11.6 Å². The number of hydrogen-bond acceptors (Lipinski definition) is 4. The lowest BCUT2D eigenvalue weighted by molar-refractivity contribution is -0.149. The first-order chi connectivity index (χ1) is 13.0. The Bertz CT molecular complexity index is 993. The number of ether oxygens (including phenoxy) is 2. The summed E-state index contributed by atoms with van der Waals surface area (Å²) in [5.41, 5.74) is 0.301. The Labute approximate surface area is 159 Å². The first-order valence-corrected chi connectivity index (χ1v) is 8.41. The van der Waals surface area contributed by atoms with E-state index in [1.807, 2.05) is 36.4 Å². The third-order valence-electron chi connectivity index (χ3n) is 3.65. The van der Waals surface area contributed by atoms with Crippen molar-refractivity contribution in [2.24, 2.45) is 0 Å². The second-order valence-electron chi connectivity index (χ2n) is 5.64. The van der Waals surface area contributed by atoms with Crippen LogP contribution >= 0.6 is 11.6 Å². The van der Waals surface area contributed by atoms with Gasteiger partial charge in [-0.1, -0.05) is 41.9 Å². The first-order valence-electron chi connectivity index (χ1n) is 8.03. The third-order valence-corrected chi connectivity index (χ3v) is 3.93. The number of anilines is 1. The summed E-state index contributed by atoms with van der Waals surface area (Å²) in [7, 11) is 0. The highest BCUT2D eigenvalue weighted by atomic mass is 35.5. The molecule has 3 rings (SSSR count). The molecule has 0 aromatic heterocycles. The van der Waals surface area contributed by atoms with E-state index in [1.165, 1.54) is 12.1 Å². The lowest BCUT2D eigenvalue weighted by atomic mass is 10.1.